The van der Waals surface area contributed by atoms with Gasteiger partial charge >= 0.3 is 0 Å². The Hall–Kier alpha value is -4.82. The fourth-order valence-electron chi connectivity index (χ4n) is 4.98. The van der Waals surface area contributed by atoms with Crippen molar-refractivity contribution in [2.24, 2.45) is 0 Å². The maximum absolute atomic E-state index is 8.49. The number of halogens is 1. The Morgan fingerprint density at radius 1 is 0.512 bits per heavy atom. The van der Waals surface area contributed by atoms with Gasteiger partial charge in [0.15, 0.2) is 0 Å². The molecule has 0 fully saturated rings. The summed E-state index contributed by atoms with van der Waals surface area (Å²) in [4.78, 5) is 0. The highest BCUT2D eigenvalue weighted by atomic mass is 35.7. The van der Waals surface area contributed by atoms with Gasteiger partial charge in [-0.3, -0.25) is 0 Å². The van der Waals surface area contributed by atoms with Crippen molar-refractivity contribution in [1.29, 1.82) is 0 Å². The summed E-state index contributed by atoms with van der Waals surface area (Å²) in [5, 5.41) is 3.86. The fourth-order valence-corrected chi connectivity index (χ4v) is 4.98. The molecule has 214 valence electrons. The summed E-state index contributed by atoms with van der Waals surface area (Å²) in [6.07, 6.45) is 0. The lowest BCUT2D eigenvalue weighted by atomic mass is 9.95. The number of rotatable bonds is 7. The summed E-state index contributed by atoms with van der Waals surface area (Å²) in [7, 11) is -4.94. The first-order valence-electron chi connectivity index (χ1n) is 13.6. The van der Waals surface area contributed by atoms with Crippen molar-refractivity contribution in [2.45, 2.75) is 6.54 Å². The summed E-state index contributed by atoms with van der Waals surface area (Å²) in [6.45, 7) is 0.722. The summed E-state index contributed by atoms with van der Waals surface area (Å²) >= 11 is 0. The van der Waals surface area contributed by atoms with E-state index < -0.39 is 10.2 Å². The lowest BCUT2D eigenvalue weighted by Gasteiger charge is -2.19. The SMILES string of the molecule is [O-][Cl+3]([O-])([O-])[O-].c1ccc(CNc2c(-c3ccccc3)cc(-c3ccccc3)[n+](-c3ccccc3)c2-c2ccccc2)cc1. The van der Waals surface area contributed by atoms with E-state index in [9.17, 15) is 0 Å². The molecule has 0 aliphatic rings. The van der Waals surface area contributed by atoms with Crippen LogP contribution in [0.1, 0.15) is 5.56 Å². The summed E-state index contributed by atoms with van der Waals surface area (Å²) in [5.74, 6) is 0. The number of para-hydroxylation sites is 1. The number of pyridine rings is 1. The van der Waals surface area contributed by atoms with Crippen LogP contribution >= 0.6 is 0 Å². The third kappa shape index (κ3) is 7.93. The van der Waals surface area contributed by atoms with E-state index in [1.54, 1.807) is 0 Å². The number of nitrogens with one attached hydrogen (secondary N) is 1. The molecule has 6 rings (SSSR count). The van der Waals surface area contributed by atoms with Crippen LogP contribution in [-0.4, -0.2) is 0 Å². The smallest absolute Gasteiger partial charge is 0.242 e. The maximum Gasteiger partial charge on any atom is 0.242 e. The number of aromatic nitrogens is 1. The minimum atomic E-state index is -4.94. The lowest BCUT2D eigenvalue weighted by Crippen LogP contribution is -2.68. The summed E-state index contributed by atoms with van der Waals surface area (Å²) in [5.41, 5.74) is 10.4. The zero-order valence-electron chi connectivity index (χ0n) is 23.2. The average Bonchev–Trinajstić information content (AvgIpc) is 3.04. The number of benzene rings is 5. The Kier molecular flexibility index (Phi) is 9.59. The molecule has 0 aliphatic heterocycles. The molecule has 0 unspecified atom stereocenters. The summed E-state index contributed by atoms with van der Waals surface area (Å²) < 4.78 is 36.4. The molecule has 6 aromatic rings. The quantitative estimate of drug-likeness (QED) is 0.285. The molecule has 5 aromatic carbocycles. The number of anilines is 1. The molecule has 1 aromatic heterocycles. The second-order valence-corrected chi connectivity index (χ2v) is 10.4. The molecular weight excluding hydrogens is 560 g/mol. The molecule has 43 heavy (non-hydrogen) atoms. The van der Waals surface area contributed by atoms with Crippen LogP contribution in [-0.2, 0) is 6.54 Å². The zero-order valence-corrected chi connectivity index (χ0v) is 23.9. The van der Waals surface area contributed by atoms with Crippen molar-refractivity contribution < 1.29 is 33.4 Å². The van der Waals surface area contributed by atoms with E-state index in [1.165, 1.54) is 22.3 Å². The van der Waals surface area contributed by atoms with E-state index in [-0.39, 0.29) is 0 Å². The second kappa shape index (κ2) is 13.9. The predicted molar refractivity (Wildman–Crippen MR) is 158 cm³/mol. The van der Waals surface area contributed by atoms with Crippen LogP contribution in [0.4, 0.5) is 5.69 Å². The highest BCUT2D eigenvalue weighted by molar-refractivity contribution is 5.89. The fraction of sp³-hybridized carbons (Fsp3) is 0.0278. The van der Waals surface area contributed by atoms with Gasteiger partial charge < -0.3 is 5.32 Å². The van der Waals surface area contributed by atoms with E-state index in [1.807, 2.05) is 0 Å². The molecular formula is C36H29ClN2O4. The monoisotopic (exact) mass is 588 g/mol. The van der Waals surface area contributed by atoms with Gasteiger partial charge in [0.25, 0.3) is 0 Å². The van der Waals surface area contributed by atoms with E-state index in [0.29, 0.717) is 0 Å². The second-order valence-electron chi connectivity index (χ2n) is 9.65. The molecule has 0 bridgehead atoms. The van der Waals surface area contributed by atoms with Crippen LogP contribution in [0.2, 0.25) is 0 Å². The average molecular weight is 589 g/mol. The lowest BCUT2D eigenvalue weighted by molar-refractivity contribution is -2.00. The van der Waals surface area contributed by atoms with Crippen molar-refractivity contribution in [3.63, 3.8) is 0 Å². The minimum Gasteiger partial charge on any atom is -0.375 e. The normalized spacial score (nSPS) is 10.9. The third-order valence-corrected chi connectivity index (χ3v) is 6.78. The van der Waals surface area contributed by atoms with Gasteiger partial charge in [-0.2, -0.15) is 4.57 Å². The van der Waals surface area contributed by atoms with Crippen LogP contribution in [0.3, 0.4) is 0 Å². The topological polar surface area (TPSA) is 108 Å². The molecule has 0 amide bonds. The zero-order chi connectivity index (χ0) is 30.1. The third-order valence-electron chi connectivity index (χ3n) is 6.78. The van der Waals surface area contributed by atoms with Gasteiger partial charge in [0, 0.05) is 41.4 Å². The van der Waals surface area contributed by atoms with E-state index in [2.05, 4.69) is 168 Å². The molecule has 1 N–H and O–H groups in total. The molecule has 0 saturated heterocycles. The molecule has 7 heteroatoms. The Balaban J connectivity index is 0.000000682. The van der Waals surface area contributed by atoms with Crippen molar-refractivity contribution >= 4 is 5.69 Å². The molecule has 0 radical (unpaired) electrons. The molecule has 6 nitrogen and oxygen atoms in total. The van der Waals surface area contributed by atoms with Gasteiger partial charge in [-0.15, -0.1) is 10.2 Å². The number of nitrogens with zero attached hydrogens (tertiary/aromatic N) is 1. The Labute approximate surface area is 253 Å². The van der Waals surface area contributed by atoms with Crippen LogP contribution < -0.4 is 28.5 Å². The van der Waals surface area contributed by atoms with Crippen molar-refractivity contribution in [2.75, 3.05) is 5.32 Å². The van der Waals surface area contributed by atoms with Crippen LogP contribution in [0, 0.1) is 10.2 Å². The molecule has 1 heterocycles. The van der Waals surface area contributed by atoms with Crippen molar-refractivity contribution in [1.82, 2.24) is 0 Å². The Bertz CT molecular complexity index is 1730. The van der Waals surface area contributed by atoms with Crippen LogP contribution in [0.15, 0.2) is 158 Å². The van der Waals surface area contributed by atoms with Gasteiger partial charge in [0.2, 0.25) is 17.1 Å². The van der Waals surface area contributed by atoms with Gasteiger partial charge in [-0.05, 0) is 35.4 Å². The highest BCUT2D eigenvalue weighted by Crippen LogP contribution is 2.39. The van der Waals surface area contributed by atoms with E-state index in [0.717, 1.165) is 34.9 Å². The first-order valence-corrected chi connectivity index (χ1v) is 14.9. The minimum absolute atomic E-state index is 0.722. The number of hydrogen-bond donors (Lipinski definition) is 1. The number of hydrogen-bond acceptors (Lipinski definition) is 5. The Morgan fingerprint density at radius 2 is 0.930 bits per heavy atom. The van der Waals surface area contributed by atoms with Gasteiger partial charge in [-0.25, -0.2) is 18.6 Å². The van der Waals surface area contributed by atoms with Gasteiger partial charge in [0.1, 0.15) is 5.69 Å². The predicted octanol–water partition coefficient (Wildman–Crippen LogP) is 3.82. The first-order chi connectivity index (χ1) is 20.9. The van der Waals surface area contributed by atoms with Gasteiger partial charge in [-0.1, -0.05) is 115 Å². The van der Waals surface area contributed by atoms with Crippen LogP contribution in [0.5, 0.6) is 0 Å². The molecule has 0 atom stereocenters. The largest absolute Gasteiger partial charge is 0.375 e. The van der Waals surface area contributed by atoms with E-state index in [4.69, 9.17) is 18.6 Å². The maximum atomic E-state index is 8.49. The Morgan fingerprint density at radius 3 is 1.44 bits per heavy atom. The molecule has 0 aliphatic carbocycles. The standard InChI is InChI=1S/C36H29N2.ClHO4/c1-6-16-28(17-7-1)27-37-35-33(29-18-8-2-9-19-29)26-34(30-20-10-3-11-21-30)38(32-24-14-5-15-25-32)36(35)31-22-12-4-13-23-31;2-1(3,4)5/h1-26,37H,27H2;(H,2,3,4,5)/q+1;/p-1. The van der Waals surface area contributed by atoms with Crippen molar-refractivity contribution in [3.8, 4) is 39.3 Å². The molecule has 0 spiro atoms. The van der Waals surface area contributed by atoms with E-state index >= 15 is 0 Å². The van der Waals surface area contributed by atoms with Crippen molar-refractivity contribution in [3.05, 3.63) is 163 Å². The van der Waals surface area contributed by atoms with Gasteiger partial charge in [0.05, 0.1) is 0 Å². The summed E-state index contributed by atoms with van der Waals surface area (Å²) in [6, 6.07) is 55.6. The first kappa shape index (κ1) is 29.7. The molecule has 0 saturated carbocycles. The highest BCUT2D eigenvalue weighted by Gasteiger charge is 2.30. The van der Waals surface area contributed by atoms with Crippen LogP contribution in [0.25, 0.3) is 39.3 Å².